The molecule has 0 saturated carbocycles. The highest BCUT2D eigenvalue weighted by Crippen LogP contribution is 2.01. The molecule has 0 aliphatic heterocycles. The quantitative estimate of drug-likeness (QED) is 0.776. The molecular weight excluding hydrogens is 285 g/mol. The number of carbonyl (C=O) groups excluding carboxylic acids is 2. The summed E-state index contributed by atoms with van der Waals surface area (Å²) in [6.45, 7) is 5.30. The molecule has 0 amide bonds. The summed E-state index contributed by atoms with van der Waals surface area (Å²) >= 11 is 1.52. The molecule has 0 bridgehead atoms. The Balaban J connectivity index is 4.10. The van der Waals surface area contributed by atoms with Crippen molar-refractivity contribution in [3.05, 3.63) is 0 Å². The minimum absolute atomic E-state index is 0.0458. The molecule has 0 heterocycles. The van der Waals surface area contributed by atoms with E-state index in [1.807, 2.05) is 13.8 Å². The topological polar surface area (TPSA) is 55.4 Å². The Bertz CT molecular complexity index is 194. The summed E-state index contributed by atoms with van der Waals surface area (Å²) in [5.41, 5.74) is 0. The zero-order valence-corrected chi connectivity index (χ0v) is 10.1. The molecule has 0 aromatic rings. The van der Waals surface area contributed by atoms with Crippen LogP contribution in [0, 0.1) is 0 Å². The largest absolute Gasteiger partial charge is 0.394 e. The van der Waals surface area contributed by atoms with Crippen molar-refractivity contribution in [3.8, 4) is 0 Å². The molecule has 4 nitrogen and oxygen atoms in total. The maximum Gasteiger partial charge on any atom is 0.317 e. The lowest BCUT2D eigenvalue weighted by molar-refractivity contribution is -0.134. The molecular formula is C8H14INO3. The maximum atomic E-state index is 11.1. The third-order valence-corrected chi connectivity index (χ3v) is 1.97. The van der Waals surface area contributed by atoms with E-state index < -0.39 is 6.04 Å². The van der Waals surface area contributed by atoms with Gasteiger partial charge in [-0.05, 0) is 6.92 Å². The number of hydrogen-bond acceptors (Lipinski definition) is 4. The monoisotopic (exact) mass is 299 g/mol. The standard InChI is InChI=1S/C8H14INO3/c1-5(2)10-7(6(3)11)4-8(12)13-9/h5,7,10H,4H2,1-3H3. The zero-order chi connectivity index (χ0) is 10.4. The molecule has 1 N–H and O–H groups in total. The first-order valence-electron chi connectivity index (χ1n) is 4.05. The number of halogens is 1. The second kappa shape index (κ2) is 6.31. The van der Waals surface area contributed by atoms with E-state index in [0.717, 1.165) is 0 Å². The lowest BCUT2D eigenvalue weighted by Crippen LogP contribution is -2.41. The lowest BCUT2D eigenvalue weighted by atomic mass is 10.1. The molecule has 0 rings (SSSR count). The second-order valence-corrected chi connectivity index (χ2v) is 3.58. The van der Waals surface area contributed by atoms with Gasteiger partial charge in [0.15, 0.2) is 23.0 Å². The van der Waals surface area contributed by atoms with Crippen LogP contribution in [0.2, 0.25) is 0 Å². The van der Waals surface area contributed by atoms with E-state index in [4.69, 9.17) is 0 Å². The van der Waals surface area contributed by atoms with Crippen LogP contribution >= 0.6 is 23.0 Å². The van der Waals surface area contributed by atoms with Gasteiger partial charge in [0, 0.05) is 6.04 Å². The first kappa shape index (κ1) is 12.8. The average molecular weight is 299 g/mol. The molecule has 0 spiro atoms. The van der Waals surface area contributed by atoms with Crippen LogP contribution in [0.5, 0.6) is 0 Å². The van der Waals surface area contributed by atoms with Crippen molar-refractivity contribution in [2.24, 2.45) is 0 Å². The van der Waals surface area contributed by atoms with E-state index in [1.165, 1.54) is 29.9 Å². The van der Waals surface area contributed by atoms with Gasteiger partial charge >= 0.3 is 5.97 Å². The van der Waals surface area contributed by atoms with Crippen LogP contribution in [-0.2, 0) is 12.7 Å². The first-order chi connectivity index (χ1) is 5.97. The van der Waals surface area contributed by atoms with Gasteiger partial charge in [0.2, 0.25) is 0 Å². The Morgan fingerprint density at radius 2 is 2.00 bits per heavy atom. The minimum Gasteiger partial charge on any atom is -0.394 e. The minimum atomic E-state index is -0.428. The Hall–Kier alpha value is -0.170. The molecule has 1 atom stereocenters. The van der Waals surface area contributed by atoms with E-state index in [0.29, 0.717) is 0 Å². The van der Waals surface area contributed by atoms with E-state index in [2.05, 4.69) is 8.38 Å². The van der Waals surface area contributed by atoms with Gasteiger partial charge in [-0.1, -0.05) is 13.8 Å². The van der Waals surface area contributed by atoms with Gasteiger partial charge in [-0.3, -0.25) is 9.59 Å². The van der Waals surface area contributed by atoms with Crippen LogP contribution in [0.3, 0.4) is 0 Å². The molecule has 76 valence electrons. The summed E-state index contributed by atoms with van der Waals surface area (Å²) in [7, 11) is 0. The van der Waals surface area contributed by atoms with Crippen molar-refractivity contribution in [2.45, 2.75) is 39.3 Å². The fraction of sp³-hybridized carbons (Fsp3) is 0.750. The Labute approximate surface area is 92.1 Å². The summed E-state index contributed by atoms with van der Waals surface area (Å²) < 4.78 is 4.45. The van der Waals surface area contributed by atoms with Gasteiger partial charge in [-0.25, -0.2) is 0 Å². The Morgan fingerprint density at radius 3 is 2.31 bits per heavy atom. The summed E-state index contributed by atoms with van der Waals surface area (Å²) in [5.74, 6) is -0.426. The normalized spacial score (nSPS) is 12.7. The van der Waals surface area contributed by atoms with Crippen molar-refractivity contribution >= 4 is 34.8 Å². The molecule has 0 saturated heterocycles. The number of rotatable bonds is 5. The number of ketones is 1. The van der Waals surface area contributed by atoms with Crippen molar-refractivity contribution in [1.29, 1.82) is 0 Å². The summed E-state index contributed by atoms with van der Waals surface area (Å²) in [5, 5.41) is 2.99. The van der Waals surface area contributed by atoms with Crippen LogP contribution in [0.25, 0.3) is 0 Å². The Morgan fingerprint density at radius 1 is 1.46 bits per heavy atom. The predicted molar refractivity (Wildman–Crippen MR) is 57.5 cm³/mol. The highest BCUT2D eigenvalue weighted by atomic mass is 127. The predicted octanol–water partition coefficient (Wildman–Crippen LogP) is 1.23. The van der Waals surface area contributed by atoms with E-state index in [-0.39, 0.29) is 24.2 Å². The summed E-state index contributed by atoms with van der Waals surface area (Å²) in [6.07, 6.45) is 0.0937. The molecule has 0 aromatic carbocycles. The van der Waals surface area contributed by atoms with Crippen LogP contribution in [0.1, 0.15) is 27.2 Å². The third kappa shape index (κ3) is 5.98. The lowest BCUT2D eigenvalue weighted by Gasteiger charge is -2.16. The summed E-state index contributed by atoms with van der Waals surface area (Å²) in [4.78, 5) is 21.9. The molecule has 5 heteroatoms. The fourth-order valence-electron chi connectivity index (χ4n) is 0.921. The Kier molecular flexibility index (Phi) is 6.23. The molecule has 1 unspecified atom stereocenters. The maximum absolute atomic E-state index is 11.1. The van der Waals surface area contributed by atoms with Gasteiger partial charge in [-0.2, -0.15) is 0 Å². The number of nitrogens with one attached hydrogen (secondary N) is 1. The van der Waals surface area contributed by atoms with Crippen LogP contribution in [0.4, 0.5) is 0 Å². The van der Waals surface area contributed by atoms with Crippen molar-refractivity contribution in [1.82, 2.24) is 5.32 Å². The smallest absolute Gasteiger partial charge is 0.317 e. The van der Waals surface area contributed by atoms with E-state index in [1.54, 1.807) is 0 Å². The van der Waals surface area contributed by atoms with Gasteiger partial charge in [-0.15, -0.1) is 0 Å². The molecule has 0 radical (unpaired) electrons. The zero-order valence-electron chi connectivity index (χ0n) is 7.96. The van der Waals surface area contributed by atoms with Crippen molar-refractivity contribution < 1.29 is 12.7 Å². The number of hydrogen-bond donors (Lipinski definition) is 1. The number of carbonyl (C=O) groups is 2. The van der Waals surface area contributed by atoms with Crippen LogP contribution in [-0.4, -0.2) is 23.8 Å². The van der Waals surface area contributed by atoms with Gasteiger partial charge in [0.25, 0.3) is 0 Å². The molecule has 0 aliphatic carbocycles. The molecule has 0 aliphatic rings. The average Bonchev–Trinajstić information content (AvgIpc) is 2.02. The van der Waals surface area contributed by atoms with E-state index >= 15 is 0 Å². The van der Waals surface area contributed by atoms with Crippen molar-refractivity contribution in [3.63, 3.8) is 0 Å². The SMILES string of the molecule is CC(=O)C(CC(=O)OI)NC(C)C. The fourth-order valence-corrected chi connectivity index (χ4v) is 1.10. The highest BCUT2D eigenvalue weighted by molar-refractivity contribution is 14.1. The third-order valence-electron chi connectivity index (χ3n) is 1.48. The molecule has 13 heavy (non-hydrogen) atoms. The van der Waals surface area contributed by atoms with Gasteiger partial charge in [0.1, 0.15) is 5.78 Å². The van der Waals surface area contributed by atoms with Crippen molar-refractivity contribution in [2.75, 3.05) is 0 Å². The molecule has 0 aromatic heterocycles. The second-order valence-electron chi connectivity index (χ2n) is 3.14. The van der Waals surface area contributed by atoms with Gasteiger partial charge in [0.05, 0.1) is 12.5 Å². The number of Topliss-reactive ketones (excluding diaryl/α,β-unsaturated/α-hetero) is 1. The highest BCUT2D eigenvalue weighted by Gasteiger charge is 2.19. The van der Waals surface area contributed by atoms with Crippen LogP contribution in [0.15, 0.2) is 0 Å². The molecule has 0 fully saturated rings. The van der Waals surface area contributed by atoms with Gasteiger partial charge < -0.3 is 8.38 Å². The van der Waals surface area contributed by atoms with E-state index in [9.17, 15) is 9.59 Å². The van der Waals surface area contributed by atoms with Crippen LogP contribution < -0.4 is 5.32 Å². The summed E-state index contributed by atoms with van der Waals surface area (Å²) in [6, 6.07) is -0.252. The first-order valence-corrected chi connectivity index (χ1v) is 4.93.